The van der Waals surface area contributed by atoms with Gasteiger partial charge in [-0.1, -0.05) is 6.92 Å². The molecule has 35 heavy (non-hydrogen) atoms. The van der Waals surface area contributed by atoms with Crippen LogP contribution in [0.3, 0.4) is 0 Å². The molecule has 186 valence electrons. The fourth-order valence-corrected chi connectivity index (χ4v) is 4.70. The molecule has 5 rings (SSSR count). The second-order valence-corrected chi connectivity index (χ2v) is 9.15. The molecule has 3 atom stereocenters. The summed E-state index contributed by atoms with van der Waals surface area (Å²) in [5, 5.41) is 8.91. The highest BCUT2D eigenvalue weighted by Crippen LogP contribution is 2.33. The second-order valence-electron chi connectivity index (χ2n) is 9.15. The number of amides is 1. The molecule has 2 aliphatic heterocycles. The molecule has 10 nitrogen and oxygen atoms in total. The first-order chi connectivity index (χ1) is 17.0. The monoisotopic (exact) mass is 482 g/mol. The van der Waals surface area contributed by atoms with E-state index in [0.717, 1.165) is 23.7 Å². The Morgan fingerprint density at radius 3 is 2.86 bits per heavy atom. The van der Waals surface area contributed by atoms with Crippen LogP contribution in [-0.2, 0) is 9.53 Å². The summed E-state index contributed by atoms with van der Waals surface area (Å²) in [6.45, 7) is 5.71. The Morgan fingerprint density at radius 1 is 1.29 bits per heavy atom. The third-order valence-electron chi connectivity index (χ3n) is 6.88. The van der Waals surface area contributed by atoms with Gasteiger partial charge in [-0.25, -0.2) is 14.4 Å². The van der Waals surface area contributed by atoms with E-state index in [1.54, 1.807) is 23.4 Å². The van der Waals surface area contributed by atoms with Crippen molar-refractivity contribution in [2.45, 2.75) is 57.8 Å². The van der Waals surface area contributed by atoms with E-state index in [9.17, 15) is 9.18 Å². The number of rotatable bonds is 7. The molecule has 0 radical (unpaired) electrons. The van der Waals surface area contributed by atoms with E-state index in [0.29, 0.717) is 49.3 Å². The summed E-state index contributed by atoms with van der Waals surface area (Å²) in [5.41, 5.74) is 0.905. The molecule has 11 heteroatoms. The summed E-state index contributed by atoms with van der Waals surface area (Å²) in [5.74, 6) is 2.41. The molecule has 0 spiro atoms. The zero-order valence-corrected chi connectivity index (χ0v) is 20.3. The number of nitrogens with one attached hydrogen (secondary N) is 1. The molecule has 2 aliphatic rings. The lowest BCUT2D eigenvalue weighted by molar-refractivity contribution is -0.117. The number of fused-ring (bicyclic) bond motifs is 1. The van der Waals surface area contributed by atoms with Crippen LogP contribution in [0, 0.1) is 0 Å². The third-order valence-corrected chi connectivity index (χ3v) is 6.88. The molecule has 1 amide bonds. The van der Waals surface area contributed by atoms with Crippen LogP contribution in [0.4, 0.5) is 27.8 Å². The number of pyridine rings is 1. The number of halogens is 1. The summed E-state index contributed by atoms with van der Waals surface area (Å²) < 4.78 is 21.5. The van der Waals surface area contributed by atoms with Gasteiger partial charge in [-0.15, -0.1) is 0 Å². The number of nitrogens with zero attached hydrogens (tertiary/aromatic N) is 7. The zero-order valence-electron chi connectivity index (χ0n) is 20.3. The highest BCUT2D eigenvalue weighted by atomic mass is 19.1. The summed E-state index contributed by atoms with van der Waals surface area (Å²) >= 11 is 0. The predicted octanol–water partition coefficient (Wildman–Crippen LogP) is 3.63. The maximum absolute atomic E-state index is 14.4. The number of hydrogen-bond donors (Lipinski definition) is 1. The van der Waals surface area contributed by atoms with Crippen LogP contribution in [0.15, 0.2) is 24.5 Å². The predicted molar refractivity (Wildman–Crippen MR) is 132 cm³/mol. The molecule has 0 saturated carbocycles. The van der Waals surface area contributed by atoms with Crippen LogP contribution in [0.1, 0.15) is 45.6 Å². The minimum Gasteiger partial charge on any atom is -0.378 e. The van der Waals surface area contributed by atoms with Gasteiger partial charge in [0, 0.05) is 51.1 Å². The SMILES string of the molecule is CCC(C)n1nc(N2CCCC2=O)c2cnc(Nc3ccnc(N4CC[C@@H](OC)[C@@H](F)C4)n3)cc21. The van der Waals surface area contributed by atoms with Gasteiger partial charge in [0.1, 0.15) is 17.8 Å². The van der Waals surface area contributed by atoms with Gasteiger partial charge in [-0.3, -0.25) is 14.4 Å². The van der Waals surface area contributed by atoms with Crippen LogP contribution in [0.25, 0.3) is 10.9 Å². The third kappa shape index (κ3) is 4.52. The number of anilines is 4. The lowest BCUT2D eigenvalue weighted by atomic mass is 10.1. The normalized spacial score (nSPS) is 21.7. The number of carbonyl (C=O) groups is 1. The van der Waals surface area contributed by atoms with E-state index in [1.165, 1.54) is 7.11 Å². The largest absolute Gasteiger partial charge is 0.378 e. The Kier molecular flexibility index (Phi) is 6.50. The minimum absolute atomic E-state index is 0.0986. The first kappa shape index (κ1) is 23.4. The second kappa shape index (κ2) is 9.73. The average Bonchev–Trinajstić information content (AvgIpc) is 3.46. The van der Waals surface area contributed by atoms with E-state index >= 15 is 0 Å². The van der Waals surface area contributed by atoms with Crippen molar-refractivity contribution < 1.29 is 13.9 Å². The summed E-state index contributed by atoms with van der Waals surface area (Å²) in [4.78, 5) is 29.5. The molecule has 1 unspecified atom stereocenters. The van der Waals surface area contributed by atoms with Crippen molar-refractivity contribution in [2.24, 2.45) is 0 Å². The smallest absolute Gasteiger partial charge is 0.228 e. The fraction of sp³-hybridized carbons (Fsp3) is 0.542. The van der Waals surface area contributed by atoms with Crippen molar-refractivity contribution in [3.8, 4) is 0 Å². The highest BCUT2D eigenvalue weighted by Gasteiger charge is 2.31. The van der Waals surface area contributed by atoms with Crippen molar-refractivity contribution >= 4 is 40.2 Å². The summed E-state index contributed by atoms with van der Waals surface area (Å²) in [7, 11) is 1.54. The molecular weight excluding hydrogens is 451 g/mol. The standard InChI is InChI=1S/C24H31FN8O2/c1-4-15(2)33-18-12-21(27-13-16(18)23(30-33)32-10-5-6-22(32)34)28-20-7-9-26-24(29-20)31-11-8-19(35-3)17(25)14-31/h7,9,12-13,15,17,19H,4-6,8,10-11,14H2,1-3H3,(H,26,27,28,29)/t15?,17-,19+/m0/s1. The lowest BCUT2D eigenvalue weighted by Gasteiger charge is -2.33. The lowest BCUT2D eigenvalue weighted by Crippen LogP contribution is -2.46. The number of ether oxygens (including phenoxy) is 1. The number of methoxy groups -OCH3 is 1. The number of alkyl halides is 1. The Bertz CT molecular complexity index is 1220. The molecular formula is C24H31FN8O2. The number of carbonyl (C=O) groups excluding carboxylic acids is 1. The molecule has 3 aromatic rings. The average molecular weight is 483 g/mol. The highest BCUT2D eigenvalue weighted by molar-refractivity contribution is 6.03. The van der Waals surface area contributed by atoms with E-state index in [1.807, 2.05) is 15.6 Å². The van der Waals surface area contributed by atoms with Crippen LogP contribution in [-0.4, -0.2) is 69.7 Å². The molecule has 2 saturated heterocycles. The number of aromatic nitrogens is 5. The summed E-state index contributed by atoms with van der Waals surface area (Å²) in [6, 6.07) is 3.85. The van der Waals surface area contributed by atoms with Gasteiger partial charge in [0.15, 0.2) is 5.82 Å². The van der Waals surface area contributed by atoms with Crippen molar-refractivity contribution in [2.75, 3.05) is 41.9 Å². The van der Waals surface area contributed by atoms with Crippen molar-refractivity contribution in [1.82, 2.24) is 24.7 Å². The van der Waals surface area contributed by atoms with Crippen molar-refractivity contribution in [3.05, 3.63) is 24.5 Å². The first-order valence-electron chi connectivity index (χ1n) is 12.2. The van der Waals surface area contributed by atoms with Crippen molar-refractivity contribution in [1.29, 1.82) is 0 Å². The molecule has 2 fully saturated rings. The van der Waals surface area contributed by atoms with Gasteiger partial charge < -0.3 is 15.0 Å². The molecule has 5 heterocycles. The Hall–Kier alpha value is -3.34. The molecule has 1 N–H and O–H groups in total. The number of hydrogen-bond acceptors (Lipinski definition) is 8. The number of piperidine rings is 1. The Balaban J connectivity index is 1.42. The van der Waals surface area contributed by atoms with Crippen LogP contribution in [0.2, 0.25) is 0 Å². The fourth-order valence-electron chi connectivity index (χ4n) is 4.70. The molecule has 0 aromatic carbocycles. The molecule has 3 aromatic heterocycles. The topological polar surface area (TPSA) is 101 Å². The van der Waals surface area contributed by atoms with Gasteiger partial charge >= 0.3 is 0 Å². The van der Waals surface area contributed by atoms with Gasteiger partial charge in [0.2, 0.25) is 11.9 Å². The minimum atomic E-state index is -1.09. The van der Waals surface area contributed by atoms with E-state index in [2.05, 4.69) is 34.1 Å². The van der Waals surface area contributed by atoms with E-state index in [-0.39, 0.29) is 24.6 Å². The van der Waals surface area contributed by atoms with Gasteiger partial charge in [0.05, 0.1) is 23.6 Å². The van der Waals surface area contributed by atoms with Crippen molar-refractivity contribution in [3.63, 3.8) is 0 Å². The van der Waals surface area contributed by atoms with Crippen LogP contribution in [0.5, 0.6) is 0 Å². The van der Waals surface area contributed by atoms with Crippen LogP contribution >= 0.6 is 0 Å². The summed E-state index contributed by atoms with van der Waals surface area (Å²) in [6.07, 6.45) is 4.81. The quantitative estimate of drug-likeness (QED) is 0.545. The zero-order chi connectivity index (χ0) is 24.5. The van der Waals surface area contributed by atoms with E-state index in [4.69, 9.17) is 9.84 Å². The maximum Gasteiger partial charge on any atom is 0.228 e. The van der Waals surface area contributed by atoms with E-state index < -0.39 is 6.17 Å². The van der Waals surface area contributed by atoms with Crippen LogP contribution < -0.4 is 15.1 Å². The van der Waals surface area contributed by atoms with Gasteiger partial charge in [-0.05, 0) is 32.3 Å². The Morgan fingerprint density at radius 2 is 2.14 bits per heavy atom. The Labute approximate surface area is 203 Å². The molecule has 0 aliphatic carbocycles. The van der Waals surface area contributed by atoms with Gasteiger partial charge in [0.25, 0.3) is 0 Å². The molecule has 0 bridgehead atoms. The van der Waals surface area contributed by atoms with Gasteiger partial charge in [-0.2, -0.15) is 10.1 Å². The maximum atomic E-state index is 14.4. The first-order valence-corrected chi connectivity index (χ1v) is 12.2.